The van der Waals surface area contributed by atoms with Gasteiger partial charge in [-0.25, -0.2) is 4.98 Å². The molecule has 1 aliphatic heterocycles. The number of aromatic nitrogens is 2. The van der Waals surface area contributed by atoms with Crippen LogP contribution in [0, 0.1) is 5.92 Å². The molecule has 0 radical (unpaired) electrons. The number of methoxy groups -OCH3 is 1. The predicted molar refractivity (Wildman–Crippen MR) is 73.6 cm³/mol. The summed E-state index contributed by atoms with van der Waals surface area (Å²) in [5, 5.41) is 0. The minimum Gasteiger partial charge on any atom is -0.384 e. The molecular weight excluding hydrogens is 226 g/mol. The summed E-state index contributed by atoms with van der Waals surface area (Å²) in [6.45, 7) is 8.64. The highest BCUT2D eigenvalue weighted by atomic mass is 16.5. The SMILES string of the molecule is COC(C)(C)Cc1nc2n(c1N)C(C)CC(C)C2. The number of nitrogen functional groups attached to an aromatic ring is 1. The molecule has 0 amide bonds. The Morgan fingerprint density at radius 3 is 2.72 bits per heavy atom. The molecule has 2 unspecified atom stereocenters. The molecule has 0 fully saturated rings. The van der Waals surface area contributed by atoms with Crippen molar-refractivity contribution >= 4 is 5.82 Å². The number of fused-ring (bicyclic) bond motifs is 1. The van der Waals surface area contributed by atoms with Crippen LogP contribution in [0.3, 0.4) is 0 Å². The molecule has 0 aromatic carbocycles. The molecule has 18 heavy (non-hydrogen) atoms. The van der Waals surface area contributed by atoms with Gasteiger partial charge in [-0.15, -0.1) is 0 Å². The van der Waals surface area contributed by atoms with Crippen molar-refractivity contribution in [2.75, 3.05) is 12.8 Å². The van der Waals surface area contributed by atoms with Crippen LogP contribution in [0.1, 0.15) is 51.7 Å². The van der Waals surface area contributed by atoms with Gasteiger partial charge in [-0.05, 0) is 33.1 Å². The standard InChI is InChI=1S/C14H25N3O/c1-9-6-10(2)17-12(7-9)16-11(13(17)15)8-14(3,4)18-5/h9-10H,6-8,15H2,1-5H3. The van der Waals surface area contributed by atoms with Crippen LogP contribution in [0.25, 0.3) is 0 Å². The number of rotatable bonds is 3. The van der Waals surface area contributed by atoms with Gasteiger partial charge in [0.25, 0.3) is 0 Å². The monoisotopic (exact) mass is 251 g/mol. The highest BCUT2D eigenvalue weighted by Crippen LogP contribution is 2.33. The van der Waals surface area contributed by atoms with Crippen molar-refractivity contribution in [3.8, 4) is 0 Å². The molecule has 0 aliphatic carbocycles. The highest BCUT2D eigenvalue weighted by molar-refractivity contribution is 5.40. The lowest BCUT2D eigenvalue weighted by Gasteiger charge is -2.27. The van der Waals surface area contributed by atoms with Crippen molar-refractivity contribution in [2.45, 2.75) is 58.6 Å². The number of hydrogen-bond donors (Lipinski definition) is 1. The van der Waals surface area contributed by atoms with E-state index in [9.17, 15) is 0 Å². The van der Waals surface area contributed by atoms with E-state index in [4.69, 9.17) is 15.5 Å². The van der Waals surface area contributed by atoms with E-state index in [2.05, 4.69) is 32.3 Å². The van der Waals surface area contributed by atoms with E-state index >= 15 is 0 Å². The van der Waals surface area contributed by atoms with Gasteiger partial charge >= 0.3 is 0 Å². The Balaban J connectivity index is 2.33. The first-order valence-electron chi connectivity index (χ1n) is 6.74. The Kier molecular flexibility index (Phi) is 3.41. The van der Waals surface area contributed by atoms with Crippen LogP contribution in [-0.2, 0) is 17.6 Å². The van der Waals surface area contributed by atoms with E-state index in [0.717, 1.165) is 30.2 Å². The molecule has 0 saturated heterocycles. The first-order valence-corrected chi connectivity index (χ1v) is 6.74. The molecule has 2 N–H and O–H groups in total. The molecule has 4 nitrogen and oxygen atoms in total. The minimum atomic E-state index is -0.215. The zero-order chi connectivity index (χ0) is 13.5. The second-order valence-corrected chi connectivity index (χ2v) is 6.26. The molecule has 2 heterocycles. The van der Waals surface area contributed by atoms with Gasteiger partial charge in [0.15, 0.2) is 0 Å². The maximum absolute atomic E-state index is 6.27. The van der Waals surface area contributed by atoms with Crippen molar-refractivity contribution in [1.82, 2.24) is 9.55 Å². The fourth-order valence-electron chi connectivity index (χ4n) is 2.87. The van der Waals surface area contributed by atoms with Crippen LogP contribution in [0.5, 0.6) is 0 Å². The molecule has 0 spiro atoms. The molecule has 1 aromatic rings. The quantitative estimate of drug-likeness (QED) is 0.898. The lowest BCUT2D eigenvalue weighted by atomic mass is 9.95. The number of nitrogens with two attached hydrogens (primary N) is 1. The smallest absolute Gasteiger partial charge is 0.127 e. The van der Waals surface area contributed by atoms with Gasteiger partial charge < -0.3 is 15.0 Å². The van der Waals surface area contributed by atoms with Gasteiger partial charge in [0, 0.05) is 26.0 Å². The predicted octanol–water partition coefficient (Wildman–Crippen LogP) is 2.58. The van der Waals surface area contributed by atoms with E-state index in [-0.39, 0.29) is 5.60 Å². The number of ether oxygens (including phenoxy) is 1. The van der Waals surface area contributed by atoms with Gasteiger partial charge in [0.1, 0.15) is 11.6 Å². The topological polar surface area (TPSA) is 53.1 Å². The zero-order valence-electron chi connectivity index (χ0n) is 12.2. The lowest BCUT2D eigenvalue weighted by Crippen LogP contribution is -2.26. The van der Waals surface area contributed by atoms with Crippen LogP contribution in [0.15, 0.2) is 0 Å². The van der Waals surface area contributed by atoms with E-state index in [1.54, 1.807) is 7.11 Å². The second kappa shape index (κ2) is 4.57. The van der Waals surface area contributed by atoms with E-state index < -0.39 is 0 Å². The Labute approximate surface area is 110 Å². The molecule has 2 rings (SSSR count). The number of hydrogen-bond acceptors (Lipinski definition) is 3. The molecule has 1 aromatic heterocycles. The third-order valence-electron chi connectivity index (χ3n) is 3.96. The fraction of sp³-hybridized carbons (Fsp3) is 0.786. The molecule has 4 heteroatoms. The van der Waals surface area contributed by atoms with Crippen LogP contribution in [-0.4, -0.2) is 22.3 Å². The highest BCUT2D eigenvalue weighted by Gasteiger charge is 2.28. The third kappa shape index (κ3) is 2.39. The third-order valence-corrected chi connectivity index (χ3v) is 3.96. The molecular formula is C14H25N3O. The fourth-order valence-corrected chi connectivity index (χ4v) is 2.87. The molecule has 2 atom stereocenters. The minimum absolute atomic E-state index is 0.215. The van der Waals surface area contributed by atoms with Crippen LogP contribution in [0.2, 0.25) is 0 Å². The number of imidazole rings is 1. The Morgan fingerprint density at radius 1 is 1.44 bits per heavy atom. The van der Waals surface area contributed by atoms with Crippen molar-refractivity contribution in [3.05, 3.63) is 11.5 Å². The van der Waals surface area contributed by atoms with E-state index in [0.29, 0.717) is 12.0 Å². The first-order chi connectivity index (χ1) is 8.34. The Hall–Kier alpha value is -1.03. The van der Waals surface area contributed by atoms with Gasteiger partial charge in [-0.1, -0.05) is 6.92 Å². The van der Waals surface area contributed by atoms with Gasteiger partial charge in [-0.2, -0.15) is 0 Å². The normalized spacial score (nSPS) is 24.1. The molecule has 102 valence electrons. The average Bonchev–Trinajstić information content (AvgIpc) is 2.55. The van der Waals surface area contributed by atoms with Gasteiger partial charge in [0.05, 0.1) is 11.3 Å². The van der Waals surface area contributed by atoms with Crippen molar-refractivity contribution < 1.29 is 4.74 Å². The summed E-state index contributed by atoms with van der Waals surface area (Å²) in [7, 11) is 1.73. The summed E-state index contributed by atoms with van der Waals surface area (Å²) in [4.78, 5) is 4.74. The number of anilines is 1. The summed E-state index contributed by atoms with van der Waals surface area (Å²) in [5.41, 5.74) is 7.04. The summed E-state index contributed by atoms with van der Waals surface area (Å²) in [5.74, 6) is 2.66. The first kappa shape index (κ1) is 13.4. The van der Waals surface area contributed by atoms with Crippen molar-refractivity contribution in [3.63, 3.8) is 0 Å². The van der Waals surface area contributed by atoms with Crippen LogP contribution < -0.4 is 5.73 Å². The van der Waals surface area contributed by atoms with Crippen LogP contribution in [0.4, 0.5) is 5.82 Å². The molecule has 1 aliphatic rings. The summed E-state index contributed by atoms with van der Waals surface area (Å²) in [6, 6.07) is 0.454. The zero-order valence-corrected chi connectivity index (χ0v) is 12.2. The van der Waals surface area contributed by atoms with Crippen molar-refractivity contribution in [2.24, 2.45) is 5.92 Å². The van der Waals surface area contributed by atoms with Gasteiger partial charge in [0.2, 0.25) is 0 Å². The van der Waals surface area contributed by atoms with Gasteiger partial charge in [-0.3, -0.25) is 0 Å². The Morgan fingerprint density at radius 2 is 2.11 bits per heavy atom. The van der Waals surface area contributed by atoms with Crippen molar-refractivity contribution in [1.29, 1.82) is 0 Å². The van der Waals surface area contributed by atoms with Crippen LogP contribution >= 0.6 is 0 Å². The summed E-state index contributed by atoms with van der Waals surface area (Å²) < 4.78 is 7.68. The second-order valence-electron chi connectivity index (χ2n) is 6.26. The summed E-state index contributed by atoms with van der Waals surface area (Å²) in [6.07, 6.45) is 2.97. The maximum atomic E-state index is 6.27. The largest absolute Gasteiger partial charge is 0.384 e. The maximum Gasteiger partial charge on any atom is 0.127 e. The molecule has 0 saturated carbocycles. The summed E-state index contributed by atoms with van der Waals surface area (Å²) >= 11 is 0. The van der Waals surface area contributed by atoms with E-state index in [1.165, 1.54) is 6.42 Å². The van der Waals surface area contributed by atoms with E-state index in [1.807, 2.05) is 0 Å². The lowest BCUT2D eigenvalue weighted by molar-refractivity contribution is 0.0226. The number of nitrogens with zero attached hydrogens (tertiary/aromatic N) is 2. The Bertz CT molecular complexity index is 436. The average molecular weight is 251 g/mol. The molecule has 0 bridgehead atoms.